The molecule has 0 atom stereocenters. The number of thiazole rings is 1. The monoisotopic (exact) mass is 366 g/mol. The highest BCUT2D eigenvalue weighted by molar-refractivity contribution is 7.13. The zero-order chi connectivity index (χ0) is 18.4. The van der Waals surface area contributed by atoms with Gasteiger partial charge in [-0.05, 0) is 25.5 Å². The molecule has 0 aliphatic rings. The molecule has 5 heteroatoms. The molecule has 3 aromatic rings. The Kier molecular flexibility index (Phi) is 6.02. The van der Waals surface area contributed by atoms with Crippen LogP contribution < -0.4 is 10.1 Å². The third-order valence-electron chi connectivity index (χ3n) is 3.81. The second-order valence-corrected chi connectivity index (χ2v) is 6.94. The van der Waals surface area contributed by atoms with Gasteiger partial charge in [0.15, 0.2) is 0 Å². The first-order valence-electron chi connectivity index (χ1n) is 8.69. The number of ether oxygens (including phenoxy) is 1. The number of carbonyl (C=O) groups excluding carboxylic acids is 1. The van der Waals surface area contributed by atoms with Crippen molar-refractivity contribution in [3.05, 3.63) is 65.2 Å². The second kappa shape index (κ2) is 8.63. The molecule has 134 valence electrons. The quantitative estimate of drug-likeness (QED) is 0.634. The van der Waals surface area contributed by atoms with E-state index in [-0.39, 0.29) is 12.3 Å². The summed E-state index contributed by atoms with van der Waals surface area (Å²) in [5.41, 5.74) is 3.76. The van der Waals surface area contributed by atoms with Crippen LogP contribution in [0.15, 0.2) is 53.9 Å². The maximum absolute atomic E-state index is 12.4. The second-order valence-electron chi connectivity index (χ2n) is 6.08. The van der Waals surface area contributed by atoms with Gasteiger partial charge in [-0.1, -0.05) is 48.9 Å². The molecule has 1 heterocycles. The van der Waals surface area contributed by atoms with E-state index in [2.05, 4.69) is 48.4 Å². The van der Waals surface area contributed by atoms with Gasteiger partial charge in [0.25, 0.3) is 0 Å². The summed E-state index contributed by atoms with van der Waals surface area (Å²) in [4.78, 5) is 17.0. The van der Waals surface area contributed by atoms with Gasteiger partial charge in [-0.2, -0.15) is 0 Å². The lowest BCUT2D eigenvalue weighted by Crippen LogP contribution is -2.15. The first-order chi connectivity index (χ1) is 12.7. The molecule has 0 saturated heterocycles. The smallest absolute Gasteiger partial charge is 0.230 e. The van der Waals surface area contributed by atoms with Gasteiger partial charge >= 0.3 is 0 Å². The van der Waals surface area contributed by atoms with Crippen LogP contribution in [0.4, 0.5) is 5.69 Å². The topological polar surface area (TPSA) is 51.2 Å². The fourth-order valence-corrected chi connectivity index (χ4v) is 3.31. The number of hydrogen-bond acceptors (Lipinski definition) is 4. The minimum atomic E-state index is -0.0988. The average molecular weight is 366 g/mol. The minimum absolute atomic E-state index is 0.0988. The number of rotatable bonds is 7. The van der Waals surface area contributed by atoms with Gasteiger partial charge in [-0.25, -0.2) is 4.98 Å². The predicted molar refractivity (Wildman–Crippen MR) is 107 cm³/mol. The van der Waals surface area contributed by atoms with Gasteiger partial charge < -0.3 is 10.1 Å². The van der Waals surface area contributed by atoms with Gasteiger partial charge in [0.2, 0.25) is 5.91 Å². The van der Waals surface area contributed by atoms with Crippen LogP contribution in [0.2, 0.25) is 0 Å². The van der Waals surface area contributed by atoms with Crippen molar-refractivity contribution < 1.29 is 9.53 Å². The van der Waals surface area contributed by atoms with Crippen LogP contribution in [0, 0.1) is 6.92 Å². The van der Waals surface area contributed by atoms with Crippen molar-refractivity contribution in [2.45, 2.75) is 26.7 Å². The van der Waals surface area contributed by atoms with Gasteiger partial charge in [-0.3, -0.25) is 4.79 Å². The predicted octanol–water partition coefficient (Wildman–Crippen LogP) is 5.09. The number of benzene rings is 2. The molecule has 0 bridgehead atoms. The molecular weight excluding hydrogens is 344 g/mol. The van der Waals surface area contributed by atoms with Gasteiger partial charge in [0.05, 0.1) is 24.4 Å². The Bertz CT molecular complexity index is 872. The third-order valence-corrected chi connectivity index (χ3v) is 4.75. The third kappa shape index (κ3) is 4.70. The normalized spacial score (nSPS) is 10.5. The summed E-state index contributed by atoms with van der Waals surface area (Å²) in [7, 11) is 0. The molecule has 0 fully saturated rings. The van der Waals surface area contributed by atoms with E-state index in [1.807, 2.05) is 29.6 Å². The number of aromatic nitrogens is 1. The fourth-order valence-electron chi connectivity index (χ4n) is 2.48. The van der Waals surface area contributed by atoms with Crippen molar-refractivity contribution in [1.29, 1.82) is 0 Å². The zero-order valence-electron chi connectivity index (χ0n) is 15.0. The molecule has 1 N–H and O–H groups in total. The number of amides is 1. The molecule has 0 radical (unpaired) electrons. The summed E-state index contributed by atoms with van der Waals surface area (Å²) < 4.78 is 5.68. The van der Waals surface area contributed by atoms with Crippen molar-refractivity contribution in [2.75, 3.05) is 11.9 Å². The number of para-hydroxylation sites is 2. The molecule has 2 aromatic carbocycles. The van der Waals surface area contributed by atoms with Crippen LogP contribution >= 0.6 is 11.3 Å². The Hall–Kier alpha value is -2.66. The minimum Gasteiger partial charge on any atom is -0.491 e. The summed E-state index contributed by atoms with van der Waals surface area (Å²) >= 11 is 1.56. The summed E-state index contributed by atoms with van der Waals surface area (Å²) in [6.45, 7) is 4.73. The van der Waals surface area contributed by atoms with E-state index in [4.69, 9.17) is 4.74 Å². The summed E-state index contributed by atoms with van der Waals surface area (Å²) in [6.07, 6.45) is 1.16. The SMILES string of the molecule is CCCOc1ccccc1NC(=O)Cc1csc(-c2ccc(C)cc2)n1. The lowest BCUT2D eigenvalue weighted by molar-refractivity contribution is -0.115. The summed E-state index contributed by atoms with van der Waals surface area (Å²) in [6, 6.07) is 15.7. The van der Waals surface area contributed by atoms with E-state index in [0.717, 1.165) is 22.7 Å². The lowest BCUT2D eigenvalue weighted by Gasteiger charge is -2.11. The van der Waals surface area contributed by atoms with Crippen molar-refractivity contribution in [1.82, 2.24) is 4.98 Å². The summed E-state index contributed by atoms with van der Waals surface area (Å²) in [5, 5.41) is 5.79. The largest absolute Gasteiger partial charge is 0.491 e. The number of aryl methyl sites for hydroxylation is 1. The Morgan fingerprint density at radius 2 is 1.92 bits per heavy atom. The molecular formula is C21H22N2O2S. The number of anilines is 1. The molecule has 4 nitrogen and oxygen atoms in total. The van der Waals surface area contributed by atoms with Crippen LogP contribution in [0.5, 0.6) is 5.75 Å². The first kappa shape index (κ1) is 18.1. The van der Waals surface area contributed by atoms with E-state index in [1.54, 1.807) is 11.3 Å². The molecule has 0 spiro atoms. The van der Waals surface area contributed by atoms with E-state index in [9.17, 15) is 4.79 Å². The van der Waals surface area contributed by atoms with Crippen molar-refractivity contribution in [3.8, 4) is 16.3 Å². The molecule has 0 unspecified atom stereocenters. The molecule has 1 aromatic heterocycles. The molecule has 0 aliphatic heterocycles. The van der Waals surface area contributed by atoms with E-state index in [0.29, 0.717) is 18.0 Å². The van der Waals surface area contributed by atoms with Crippen LogP contribution in [-0.4, -0.2) is 17.5 Å². The Morgan fingerprint density at radius 1 is 1.15 bits per heavy atom. The number of carbonyl (C=O) groups is 1. The lowest BCUT2D eigenvalue weighted by atomic mass is 10.2. The summed E-state index contributed by atoms with van der Waals surface area (Å²) in [5.74, 6) is 0.597. The van der Waals surface area contributed by atoms with E-state index in [1.165, 1.54) is 5.56 Å². The highest BCUT2D eigenvalue weighted by Gasteiger charge is 2.11. The Labute approximate surface area is 157 Å². The Morgan fingerprint density at radius 3 is 2.69 bits per heavy atom. The van der Waals surface area contributed by atoms with Crippen molar-refractivity contribution in [3.63, 3.8) is 0 Å². The maximum Gasteiger partial charge on any atom is 0.230 e. The van der Waals surface area contributed by atoms with E-state index < -0.39 is 0 Å². The fraction of sp³-hybridized carbons (Fsp3) is 0.238. The maximum atomic E-state index is 12.4. The molecule has 0 aliphatic carbocycles. The van der Waals surface area contributed by atoms with Crippen molar-refractivity contribution >= 4 is 22.9 Å². The molecule has 0 saturated carbocycles. The highest BCUT2D eigenvalue weighted by Crippen LogP contribution is 2.26. The number of hydrogen-bond donors (Lipinski definition) is 1. The van der Waals surface area contributed by atoms with E-state index >= 15 is 0 Å². The van der Waals surface area contributed by atoms with Crippen LogP contribution in [-0.2, 0) is 11.2 Å². The standard InChI is InChI=1S/C21H22N2O2S/c1-3-12-25-19-7-5-4-6-18(19)23-20(24)13-17-14-26-21(22-17)16-10-8-15(2)9-11-16/h4-11,14H,3,12-13H2,1-2H3,(H,23,24). The van der Waals surface area contributed by atoms with Crippen LogP contribution in [0.25, 0.3) is 10.6 Å². The first-order valence-corrected chi connectivity index (χ1v) is 9.57. The van der Waals surface area contributed by atoms with Gasteiger partial charge in [0.1, 0.15) is 10.8 Å². The van der Waals surface area contributed by atoms with Crippen molar-refractivity contribution in [2.24, 2.45) is 0 Å². The average Bonchev–Trinajstić information content (AvgIpc) is 3.10. The molecule has 26 heavy (non-hydrogen) atoms. The Balaban J connectivity index is 1.65. The highest BCUT2D eigenvalue weighted by atomic mass is 32.1. The number of nitrogens with zero attached hydrogens (tertiary/aromatic N) is 1. The van der Waals surface area contributed by atoms with Gasteiger partial charge in [0, 0.05) is 10.9 Å². The van der Waals surface area contributed by atoms with Crippen LogP contribution in [0.1, 0.15) is 24.6 Å². The molecule has 3 rings (SSSR count). The zero-order valence-corrected chi connectivity index (χ0v) is 15.8. The van der Waals surface area contributed by atoms with Gasteiger partial charge in [-0.15, -0.1) is 11.3 Å². The number of nitrogens with one attached hydrogen (secondary N) is 1. The van der Waals surface area contributed by atoms with Crippen LogP contribution in [0.3, 0.4) is 0 Å². The molecule has 1 amide bonds.